The van der Waals surface area contributed by atoms with E-state index >= 15 is 0 Å². The van der Waals surface area contributed by atoms with Crippen LogP contribution in [0, 0.1) is 0 Å². The van der Waals surface area contributed by atoms with Crippen LogP contribution in [0.3, 0.4) is 0 Å². The second-order valence-electron chi connectivity index (χ2n) is 6.12. The van der Waals surface area contributed by atoms with E-state index < -0.39 is 0 Å². The van der Waals surface area contributed by atoms with Gasteiger partial charge in [-0.2, -0.15) is 10.2 Å². The van der Waals surface area contributed by atoms with Crippen LogP contribution in [-0.2, 0) is 0 Å². The van der Waals surface area contributed by atoms with Gasteiger partial charge in [-0.25, -0.2) is 0 Å². The Morgan fingerprint density at radius 2 is 2.12 bits per heavy atom. The maximum Gasteiger partial charge on any atom is 0.261 e. The molecule has 1 unspecified atom stereocenters. The van der Waals surface area contributed by atoms with Crippen LogP contribution in [0.2, 0.25) is 0 Å². The topological polar surface area (TPSA) is 75.2 Å². The highest BCUT2D eigenvalue weighted by Crippen LogP contribution is 2.36. The maximum atomic E-state index is 12.7. The van der Waals surface area contributed by atoms with E-state index in [0.717, 1.165) is 24.3 Å². The first-order chi connectivity index (χ1) is 11.6. The van der Waals surface area contributed by atoms with Gasteiger partial charge in [-0.3, -0.25) is 9.59 Å². The van der Waals surface area contributed by atoms with Gasteiger partial charge < -0.3 is 10.2 Å². The van der Waals surface area contributed by atoms with Crippen LogP contribution in [0.15, 0.2) is 30.6 Å². The molecule has 0 radical (unpaired) electrons. The lowest BCUT2D eigenvalue weighted by Crippen LogP contribution is -2.30. The van der Waals surface area contributed by atoms with E-state index in [1.807, 2.05) is 30.9 Å². The van der Waals surface area contributed by atoms with Crippen LogP contribution in [0.4, 0.5) is 0 Å². The number of aromatic nitrogens is 2. The lowest BCUT2D eigenvalue weighted by molar-refractivity contribution is 0.0737. The highest BCUT2D eigenvalue weighted by molar-refractivity contribution is 7.14. The summed E-state index contributed by atoms with van der Waals surface area (Å²) in [4.78, 5) is 28.4. The Labute approximate surface area is 144 Å². The molecule has 7 heteroatoms. The molecular weight excluding hydrogens is 324 g/mol. The smallest absolute Gasteiger partial charge is 0.261 e. The number of amides is 2. The summed E-state index contributed by atoms with van der Waals surface area (Å²) in [5.74, 6) is -0.0931. The van der Waals surface area contributed by atoms with Gasteiger partial charge in [-0.1, -0.05) is 0 Å². The van der Waals surface area contributed by atoms with Crippen molar-refractivity contribution >= 4 is 23.2 Å². The first kappa shape index (κ1) is 16.6. The number of carbonyl (C=O) groups is 2. The minimum absolute atomic E-state index is 0.0243. The van der Waals surface area contributed by atoms with Crippen LogP contribution in [-0.4, -0.2) is 39.5 Å². The van der Waals surface area contributed by atoms with Gasteiger partial charge in [0.05, 0.1) is 28.9 Å². The molecule has 0 spiro atoms. The van der Waals surface area contributed by atoms with Crippen LogP contribution in [0.25, 0.3) is 0 Å². The summed E-state index contributed by atoms with van der Waals surface area (Å²) in [6.07, 6.45) is 4.89. The van der Waals surface area contributed by atoms with E-state index in [0.29, 0.717) is 10.4 Å². The molecule has 1 aliphatic rings. The highest BCUT2D eigenvalue weighted by atomic mass is 32.1. The summed E-state index contributed by atoms with van der Waals surface area (Å²) in [6, 6.07) is 5.61. The van der Waals surface area contributed by atoms with Gasteiger partial charge in [0.2, 0.25) is 0 Å². The van der Waals surface area contributed by atoms with Crippen molar-refractivity contribution in [2.45, 2.75) is 38.8 Å². The zero-order chi connectivity index (χ0) is 17.1. The predicted molar refractivity (Wildman–Crippen MR) is 92.0 cm³/mol. The number of rotatable bonds is 4. The maximum absolute atomic E-state index is 12.7. The van der Waals surface area contributed by atoms with Crippen molar-refractivity contribution < 1.29 is 9.59 Å². The van der Waals surface area contributed by atoms with Crippen molar-refractivity contribution in [2.24, 2.45) is 0 Å². The lowest BCUT2D eigenvalue weighted by atomic mass is 10.1. The van der Waals surface area contributed by atoms with Gasteiger partial charge >= 0.3 is 0 Å². The molecule has 0 aromatic carbocycles. The highest BCUT2D eigenvalue weighted by Gasteiger charge is 2.32. The molecule has 3 heterocycles. The Kier molecular flexibility index (Phi) is 4.89. The van der Waals surface area contributed by atoms with Gasteiger partial charge in [0.25, 0.3) is 11.8 Å². The predicted octanol–water partition coefficient (Wildman–Crippen LogP) is 2.65. The second kappa shape index (κ2) is 7.09. The minimum atomic E-state index is -0.0598. The first-order valence-electron chi connectivity index (χ1n) is 8.04. The summed E-state index contributed by atoms with van der Waals surface area (Å²) < 4.78 is 0. The van der Waals surface area contributed by atoms with Crippen molar-refractivity contribution in [3.05, 3.63) is 45.9 Å². The molecular formula is C17H20N4O2S. The zero-order valence-electron chi connectivity index (χ0n) is 13.7. The fourth-order valence-electron chi connectivity index (χ4n) is 2.88. The normalized spacial score (nSPS) is 17.3. The number of carbonyl (C=O) groups excluding carboxylic acids is 2. The molecule has 1 aliphatic heterocycles. The molecule has 126 valence electrons. The molecule has 0 bridgehead atoms. The molecule has 6 nitrogen and oxygen atoms in total. The Balaban J connectivity index is 1.78. The quantitative estimate of drug-likeness (QED) is 0.925. The number of thiophene rings is 1. The molecule has 3 rings (SSSR count). The average Bonchev–Trinajstić information content (AvgIpc) is 3.23. The monoisotopic (exact) mass is 344 g/mol. The van der Waals surface area contributed by atoms with Crippen LogP contribution in [0.1, 0.15) is 57.6 Å². The lowest BCUT2D eigenvalue weighted by Gasteiger charge is -2.23. The van der Waals surface area contributed by atoms with Gasteiger partial charge in [0.1, 0.15) is 0 Å². The fourth-order valence-corrected chi connectivity index (χ4v) is 3.93. The molecule has 1 fully saturated rings. The summed E-state index contributed by atoms with van der Waals surface area (Å²) in [6.45, 7) is 4.59. The van der Waals surface area contributed by atoms with E-state index in [4.69, 9.17) is 0 Å². The van der Waals surface area contributed by atoms with Crippen molar-refractivity contribution in [2.75, 3.05) is 6.54 Å². The molecule has 0 saturated carbocycles. The van der Waals surface area contributed by atoms with Gasteiger partial charge in [-0.05, 0) is 44.9 Å². The molecule has 1 atom stereocenters. The second-order valence-corrected chi connectivity index (χ2v) is 7.23. The third-order valence-electron chi connectivity index (χ3n) is 3.94. The average molecular weight is 344 g/mol. The minimum Gasteiger partial charge on any atom is -0.349 e. The van der Waals surface area contributed by atoms with Crippen molar-refractivity contribution in [3.63, 3.8) is 0 Å². The Bertz CT molecular complexity index is 729. The van der Waals surface area contributed by atoms with Gasteiger partial charge in [0, 0.05) is 17.5 Å². The molecule has 2 aromatic rings. The number of hydrogen-bond acceptors (Lipinski definition) is 5. The Hall–Kier alpha value is -2.28. The fraction of sp³-hybridized carbons (Fsp3) is 0.412. The number of nitrogens with zero attached hydrogens (tertiary/aromatic N) is 3. The molecule has 1 saturated heterocycles. The van der Waals surface area contributed by atoms with Crippen molar-refractivity contribution in [1.82, 2.24) is 20.4 Å². The van der Waals surface area contributed by atoms with Crippen LogP contribution < -0.4 is 5.32 Å². The Morgan fingerprint density at radius 3 is 2.83 bits per heavy atom. The van der Waals surface area contributed by atoms with Crippen molar-refractivity contribution in [1.29, 1.82) is 0 Å². The molecule has 1 N–H and O–H groups in total. The van der Waals surface area contributed by atoms with Gasteiger partial charge in [0.15, 0.2) is 0 Å². The molecule has 2 amide bonds. The largest absolute Gasteiger partial charge is 0.349 e. The van der Waals surface area contributed by atoms with E-state index in [2.05, 4.69) is 15.5 Å². The summed E-state index contributed by atoms with van der Waals surface area (Å²) >= 11 is 1.46. The number of nitrogens with one attached hydrogen (secondary N) is 1. The van der Waals surface area contributed by atoms with E-state index in [1.165, 1.54) is 23.7 Å². The SMILES string of the molecule is CC(C)NC(=O)c1ccc(C2CCCN2C(=O)c2ccnnc2)s1. The van der Waals surface area contributed by atoms with Crippen LogP contribution in [0.5, 0.6) is 0 Å². The third-order valence-corrected chi connectivity index (χ3v) is 5.13. The van der Waals surface area contributed by atoms with E-state index in [1.54, 1.807) is 6.07 Å². The molecule has 2 aromatic heterocycles. The molecule has 0 aliphatic carbocycles. The summed E-state index contributed by atoms with van der Waals surface area (Å²) in [5, 5.41) is 10.4. The zero-order valence-corrected chi connectivity index (χ0v) is 14.5. The number of likely N-dealkylation sites (tertiary alicyclic amines) is 1. The van der Waals surface area contributed by atoms with E-state index in [-0.39, 0.29) is 23.9 Å². The molecule has 24 heavy (non-hydrogen) atoms. The van der Waals surface area contributed by atoms with Crippen molar-refractivity contribution in [3.8, 4) is 0 Å². The summed E-state index contributed by atoms with van der Waals surface area (Å²) in [5.41, 5.74) is 0.547. The van der Waals surface area contributed by atoms with E-state index in [9.17, 15) is 9.59 Å². The number of hydrogen-bond donors (Lipinski definition) is 1. The Morgan fingerprint density at radius 1 is 1.29 bits per heavy atom. The van der Waals surface area contributed by atoms with Gasteiger partial charge in [-0.15, -0.1) is 11.3 Å². The first-order valence-corrected chi connectivity index (χ1v) is 8.86. The van der Waals surface area contributed by atoms with Crippen LogP contribution >= 0.6 is 11.3 Å². The summed E-state index contributed by atoms with van der Waals surface area (Å²) in [7, 11) is 0. The standard InChI is InChI=1S/C17H20N4O2S/c1-11(2)20-16(22)15-6-5-14(24-15)13-4-3-9-21(13)17(23)12-7-8-18-19-10-12/h5-8,10-11,13H,3-4,9H2,1-2H3,(H,20,22). The third kappa shape index (κ3) is 3.46.